The van der Waals surface area contributed by atoms with E-state index in [1.807, 2.05) is 0 Å². The monoisotopic (exact) mass is 340 g/mol. The Labute approximate surface area is 139 Å². The van der Waals surface area contributed by atoms with Gasteiger partial charge in [0, 0.05) is 31.4 Å². The fourth-order valence-corrected chi connectivity index (χ4v) is 3.23. The molecule has 0 aromatic heterocycles. The molecular weight excluding hydrogens is 318 g/mol. The van der Waals surface area contributed by atoms with Crippen LogP contribution < -0.4 is 15.0 Å². The van der Waals surface area contributed by atoms with Gasteiger partial charge < -0.3 is 19.7 Å². The molecule has 3 rings (SSSR count). The number of amides is 1. The zero-order chi connectivity index (χ0) is 16.9. The number of anilines is 1. The van der Waals surface area contributed by atoms with Crippen LogP contribution in [0, 0.1) is 5.92 Å². The molecule has 0 unspecified atom stereocenters. The Kier molecular flexibility index (Phi) is 5.50. The van der Waals surface area contributed by atoms with Crippen molar-refractivity contribution < 1.29 is 23.0 Å². The van der Waals surface area contributed by atoms with Gasteiger partial charge in [0.05, 0.1) is 12.5 Å². The quantitative estimate of drug-likeness (QED) is 0.894. The van der Waals surface area contributed by atoms with E-state index in [-0.39, 0.29) is 23.6 Å². The number of alkyl halides is 2. The number of halogens is 2. The van der Waals surface area contributed by atoms with E-state index < -0.39 is 6.61 Å². The fraction of sp³-hybridized carbons (Fsp3) is 0.588. The molecule has 1 N–H and O–H groups in total. The van der Waals surface area contributed by atoms with Crippen molar-refractivity contribution in [3.8, 4) is 5.75 Å². The first-order chi connectivity index (χ1) is 11.6. The zero-order valence-corrected chi connectivity index (χ0v) is 13.4. The van der Waals surface area contributed by atoms with Crippen molar-refractivity contribution in [3.05, 3.63) is 24.3 Å². The van der Waals surface area contributed by atoms with Crippen molar-refractivity contribution in [1.29, 1.82) is 0 Å². The van der Waals surface area contributed by atoms with Crippen LogP contribution in [0.5, 0.6) is 5.75 Å². The first-order valence-corrected chi connectivity index (χ1v) is 8.30. The molecule has 5 nitrogen and oxygen atoms in total. The second-order valence-electron chi connectivity index (χ2n) is 6.23. The molecule has 2 heterocycles. The fourth-order valence-electron chi connectivity index (χ4n) is 3.23. The molecule has 1 aromatic rings. The first kappa shape index (κ1) is 17.0. The van der Waals surface area contributed by atoms with E-state index in [2.05, 4.69) is 15.0 Å². The maximum Gasteiger partial charge on any atom is 0.387 e. The molecular formula is C17H22F2N2O3. The highest BCUT2D eigenvalue weighted by Gasteiger charge is 2.27. The van der Waals surface area contributed by atoms with Gasteiger partial charge in [-0.15, -0.1) is 0 Å². The molecule has 24 heavy (non-hydrogen) atoms. The summed E-state index contributed by atoms with van der Waals surface area (Å²) in [5.74, 6) is 0.183. The van der Waals surface area contributed by atoms with Gasteiger partial charge >= 0.3 is 6.61 Å². The molecule has 1 aromatic carbocycles. The van der Waals surface area contributed by atoms with Gasteiger partial charge in [-0.2, -0.15) is 8.78 Å². The third kappa shape index (κ3) is 4.35. The van der Waals surface area contributed by atoms with Gasteiger partial charge in [0.15, 0.2) is 0 Å². The van der Waals surface area contributed by atoms with Crippen LogP contribution in [0.4, 0.5) is 14.5 Å². The van der Waals surface area contributed by atoms with Crippen LogP contribution in [0.3, 0.4) is 0 Å². The largest absolute Gasteiger partial charge is 0.435 e. The zero-order valence-electron chi connectivity index (χ0n) is 13.4. The van der Waals surface area contributed by atoms with Crippen LogP contribution in [0.2, 0.25) is 0 Å². The number of hydrogen-bond donors (Lipinski definition) is 1. The smallest absolute Gasteiger partial charge is 0.387 e. The topological polar surface area (TPSA) is 50.8 Å². The lowest BCUT2D eigenvalue weighted by molar-refractivity contribution is -0.125. The number of nitrogens with one attached hydrogen (secondary N) is 1. The van der Waals surface area contributed by atoms with Crippen molar-refractivity contribution >= 4 is 11.6 Å². The molecule has 2 atom stereocenters. The van der Waals surface area contributed by atoms with E-state index in [1.165, 1.54) is 0 Å². The lowest BCUT2D eigenvalue weighted by Crippen LogP contribution is -2.49. The van der Waals surface area contributed by atoms with Crippen LogP contribution >= 0.6 is 0 Å². The molecule has 0 bridgehead atoms. The van der Waals surface area contributed by atoms with E-state index >= 15 is 0 Å². The van der Waals surface area contributed by atoms with Crippen molar-refractivity contribution in [3.63, 3.8) is 0 Å². The molecule has 132 valence electrons. The number of ether oxygens (including phenoxy) is 2. The molecule has 7 heteroatoms. The maximum atomic E-state index is 12.2. The van der Waals surface area contributed by atoms with Crippen LogP contribution in [-0.2, 0) is 9.53 Å². The summed E-state index contributed by atoms with van der Waals surface area (Å²) in [4.78, 5) is 14.4. The van der Waals surface area contributed by atoms with E-state index in [0.717, 1.165) is 31.5 Å². The summed E-state index contributed by atoms with van der Waals surface area (Å²) in [7, 11) is 0. The van der Waals surface area contributed by atoms with E-state index in [0.29, 0.717) is 19.8 Å². The van der Waals surface area contributed by atoms with Crippen LogP contribution in [0.1, 0.15) is 19.3 Å². The summed E-state index contributed by atoms with van der Waals surface area (Å²) in [6.45, 7) is -0.0528. The lowest BCUT2D eigenvalue weighted by atomic mass is 10.0. The highest BCUT2D eigenvalue weighted by molar-refractivity contribution is 5.79. The van der Waals surface area contributed by atoms with Crippen LogP contribution in [0.15, 0.2) is 24.3 Å². The Morgan fingerprint density at radius 3 is 2.75 bits per heavy atom. The standard InChI is InChI=1S/C17H22F2N2O3/c18-17(19)24-15-5-3-14(4-6-15)21-8-1-2-13(10-21)20-16(22)12-7-9-23-11-12/h3-6,12-13,17H,1-2,7-11H2,(H,20,22)/t12-,13-/m1/s1. The number of rotatable bonds is 5. The Morgan fingerprint density at radius 2 is 2.08 bits per heavy atom. The summed E-state index contributed by atoms with van der Waals surface area (Å²) in [6.07, 6.45) is 2.71. The van der Waals surface area contributed by atoms with E-state index in [1.54, 1.807) is 24.3 Å². The van der Waals surface area contributed by atoms with E-state index in [9.17, 15) is 13.6 Å². The number of carbonyl (C=O) groups is 1. The number of benzene rings is 1. The summed E-state index contributed by atoms with van der Waals surface area (Å²) in [5, 5.41) is 3.11. The van der Waals surface area contributed by atoms with Gasteiger partial charge in [0.2, 0.25) is 5.91 Å². The average molecular weight is 340 g/mol. The number of hydrogen-bond acceptors (Lipinski definition) is 4. The Balaban J connectivity index is 1.55. The summed E-state index contributed by atoms with van der Waals surface area (Å²) in [5.41, 5.74) is 0.944. The summed E-state index contributed by atoms with van der Waals surface area (Å²) < 4.78 is 34.0. The van der Waals surface area contributed by atoms with Gasteiger partial charge in [0.1, 0.15) is 5.75 Å². The second-order valence-corrected chi connectivity index (χ2v) is 6.23. The number of piperidine rings is 1. The Hall–Kier alpha value is -1.89. The minimum Gasteiger partial charge on any atom is -0.435 e. The highest BCUT2D eigenvalue weighted by Crippen LogP contribution is 2.24. The van der Waals surface area contributed by atoms with Gasteiger partial charge in [-0.05, 0) is 43.5 Å². The molecule has 0 saturated carbocycles. The van der Waals surface area contributed by atoms with Crippen molar-refractivity contribution in [1.82, 2.24) is 5.32 Å². The molecule has 2 fully saturated rings. The predicted octanol–water partition coefficient (Wildman–Crippen LogP) is 2.41. The molecule has 2 aliphatic heterocycles. The van der Waals surface area contributed by atoms with Crippen molar-refractivity contribution in [2.45, 2.75) is 31.9 Å². The molecule has 1 amide bonds. The van der Waals surface area contributed by atoms with Gasteiger partial charge in [0.25, 0.3) is 0 Å². The van der Waals surface area contributed by atoms with E-state index in [4.69, 9.17) is 4.74 Å². The second kappa shape index (κ2) is 7.79. The van der Waals surface area contributed by atoms with Crippen molar-refractivity contribution in [2.24, 2.45) is 5.92 Å². The third-order valence-corrected chi connectivity index (χ3v) is 4.50. The van der Waals surface area contributed by atoms with Crippen molar-refractivity contribution in [2.75, 3.05) is 31.2 Å². The lowest BCUT2D eigenvalue weighted by Gasteiger charge is -2.35. The molecule has 0 aliphatic carbocycles. The summed E-state index contributed by atoms with van der Waals surface area (Å²) in [6, 6.07) is 6.72. The number of nitrogens with zero attached hydrogens (tertiary/aromatic N) is 1. The minimum atomic E-state index is -2.81. The normalized spacial score (nSPS) is 24.2. The van der Waals surface area contributed by atoms with Crippen LogP contribution in [-0.4, -0.2) is 44.9 Å². The SMILES string of the molecule is O=C(N[C@@H]1CCCN(c2ccc(OC(F)F)cc2)C1)[C@@H]1CCOC1. The summed E-state index contributed by atoms with van der Waals surface area (Å²) >= 11 is 0. The Bertz CT molecular complexity index is 547. The predicted molar refractivity (Wildman–Crippen MR) is 85.4 cm³/mol. The number of carbonyl (C=O) groups excluding carboxylic acids is 1. The third-order valence-electron chi connectivity index (χ3n) is 4.50. The first-order valence-electron chi connectivity index (χ1n) is 8.30. The van der Waals surface area contributed by atoms with Gasteiger partial charge in [-0.1, -0.05) is 0 Å². The van der Waals surface area contributed by atoms with Gasteiger partial charge in [-0.3, -0.25) is 4.79 Å². The van der Waals surface area contributed by atoms with Crippen LogP contribution in [0.25, 0.3) is 0 Å². The molecule has 0 spiro atoms. The van der Waals surface area contributed by atoms with Gasteiger partial charge in [-0.25, -0.2) is 0 Å². The Morgan fingerprint density at radius 1 is 1.29 bits per heavy atom. The molecule has 2 saturated heterocycles. The maximum absolute atomic E-state index is 12.2. The molecule has 0 radical (unpaired) electrons. The average Bonchev–Trinajstić information content (AvgIpc) is 3.10. The molecule has 2 aliphatic rings. The highest BCUT2D eigenvalue weighted by atomic mass is 19.3. The minimum absolute atomic E-state index is 0.0360.